The van der Waals surface area contributed by atoms with Gasteiger partial charge in [-0.1, -0.05) is 72.8 Å². The molecule has 0 spiro atoms. The maximum absolute atomic E-state index is 13.6. The summed E-state index contributed by atoms with van der Waals surface area (Å²) in [5.74, 6) is -1.28. The predicted molar refractivity (Wildman–Crippen MR) is 120 cm³/mol. The van der Waals surface area contributed by atoms with Crippen molar-refractivity contribution in [2.75, 3.05) is 11.4 Å². The van der Waals surface area contributed by atoms with Crippen LogP contribution in [0.25, 0.3) is 0 Å². The lowest BCUT2D eigenvalue weighted by Crippen LogP contribution is -2.50. The summed E-state index contributed by atoms with van der Waals surface area (Å²) in [7, 11) is 0. The maximum atomic E-state index is 13.6. The highest BCUT2D eigenvalue weighted by molar-refractivity contribution is 6.12. The first-order chi connectivity index (χ1) is 15.1. The van der Waals surface area contributed by atoms with Crippen molar-refractivity contribution in [3.05, 3.63) is 101 Å². The molecule has 0 aromatic heterocycles. The Bertz CT molecular complexity index is 1140. The molecule has 3 aromatic rings. The minimum atomic E-state index is -1.81. The Balaban J connectivity index is 1.44. The van der Waals surface area contributed by atoms with Gasteiger partial charge in [-0.25, -0.2) is 0 Å². The second-order valence-corrected chi connectivity index (χ2v) is 8.44. The summed E-state index contributed by atoms with van der Waals surface area (Å²) in [5, 5.41) is 11.8. The Labute approximate surface area is 182 Å². The maximum Gasteiger partial charge on any atom is 0.264 e. The number of amides is 1. The van der Waals surface area contributed by atoms with Crippen LogP contribution in [0.1, 0.15) is 39.9 Å². The van der Waals surface area contributed by atoms with Crippen molar-refractivity contribution in [3.8, 4) is 0 Å². The van der Waals surface area contributed by atoms with Gasteiger partial charge in [0.15, 0.2) is 11.4 Å². The third kappa shape index (κ3) is 3.19. The standard InChI is InChI=1S/C27H25NO3/c29-25-21-13-5-4-12-20(21)16-17-23(25)27(31)22-14-6-7-15-24(22)28(26(27)30)18-8-11-19-9-2-1-3-10-19/h1-7,9-10,12-15,23,31H,8,11,16-18H2. The van der Waals surface area contributed by atoms with Crippen LogP contribution in [-0.4, -0.2) is 23.3 Å². The number of Topliss-reactive ketones (excluding diaryl/α,β-unsaturated/α-hetero) is 1. The van der Waals surface area contributed by atoms with Crippen molar-refractivity contribution < 1.29 is 14.7 Å². The quantitative estimate of drug-likeness (QED) is 0.681. The molecule has 1 heterocycles. The average molecular weight is 412 g/mol. The number of anilines is 1. The van der Waals surface area contributed by atoms with E-state index in [1.165, 1.54) is 5.56 Å². The van der Waals surface area contributed by atoms with E-state index in [2.05, 4.69) is 12.1 Å². The fraction of sp³-hybridized carbons (Fsp3) is 0.259. The fourth-order valence-corrected chi connectivity index (χ4v) is 5.10. The van der Waals surface area contributed by atoms with Gasteiger partial charge in [0.2, 0.25) is 0 Å². The molecule has 2 atom stereocenters. The summed E-state index contributed by atoms with van der Waals surface area (Å²) >= 11 is 0. The smallest absolute Gasteiger partial charge is 0.264 e. The number of fused-ring (bicyclic) bond motifs is 2. The molecule has 1 amide bonds. The Kier molecular flexibility index (Phi) is 4.95. The molecule has 31 heavy (non-hydrogen) atoms. The minimum absolute atomic E-state index is 0.140. The highest BCUT2D eigenvalue weighted by Gasteiger charge is 2.57. The molecule has 5 rings (SSSR count). The van der Waals surface area contributed by atoms with Gasteiger partial charge in [0.25, 0.3) is 5.91 Å². The third-order valence-electron chi connectivity index (χ3n) is 6.67. The Morgan fingerprint density at radius 1 is 0.903 bits per heavy atom. The highest BCUT2D eigenvalue weighted by atomic mass is 16.3. The number of para-hydroxylation sites is 1. The molecule has 0 saturated carbocycles. The number of aryl methyl sites for hydroxylation is 2. The van der Waals surface area contributed by atoms with Crippen LogP contribution in [0.4, 0.5) is 5.69 Å². The lowest BCUT2D eigenvalue weighted by atomic mass is 9.71. The number of nitrogens with zero attached hydrogens (tertiary/aromatic N) is 1. The SMILES string of the molecule is O=C1c2ccccc2CCC1C1(O)C(=O)N(CCCc2ccccc2)c2ccccc21. The van der Waals surface area contributed by atoms with Crippen molar-refractivity contribution >= 4 is 17.4 Å². The van der Waals surface area contributed by atoms with Gasteiger partial charge >= 0.3 is 0 Å². The summed E-state index contributed by atoms with van der Waals surface area (Å²) in [6.45, 7) is 0.505. The summed E-state index contributed by atoms with van der Waals surface area (Å²) in [5.41, 5.74) is 2.29. The summed E-state index contributed by atoms with van der Waals surface area (Å²) in [6, 6.07) is 25.0. The molecule has 1 aliphatic carbocycles. The van der Waals surface area contributed by atoms with E-state index in [-0.39, 0.29) is 11.7 Å². The number of hydrogen-bond donors (Lipinski definition) is 1. The zero-order valence-corrected chi connectivity index (χ0v) is 17.3. The number of ketones is 1. The molecule has 4 heteroatoms. The number of benzene rings is 3. The van der Waals surface area contributed by atoms with Gasteiger partial charge in [-0.2, -0.15) is 0 Å². The van der Waals surface area contributed by atoms with Crippen LogP contribution in [-0.2, 0) is 23.2 Å². The van der Waals surface area contributed by atoms with Gasteiger partial charge < -0.3 is 10.0 Å². The molecular weight excluding hydrogens is 386 g/mol. The van der Waals surface area contributed by atoms with Crippen LogP contribution in [0.15, 0.2) is 78.9 Å². The van der Waals surface area contributed by atoms with Crippen molar-refractivity contribution in [1.29, 1.82) is 0 Å². The molecule has 3 aromatic carbocycles. The van der Waals surface area contributed by atoms with Crippen molar-refractivity contribution in [2.45, 2.75) is 31.3 Å². The van der Waals surface area contributed by atoms with E-state index in [1.807, 2.05) is 54.6 Å². The number of hydrogen-bond acceptors (Lipinski definition) is 3. The number of rotatable bonds is 5. The molecule has 0 saturated heterocycles. The summed E-state index contributed by atoms with van der Waals surface area (Å²) in [6.07, 6.45) is 2.77. The van der Waals surface area contributed by atoms with Gasteiger partial charge in [0, 0.05) is 17.7 Å². The molecule has 0 radical (unpaired) electrons. The van der Waals surface area contributed by atoms with Gasteiger partial charge in [0.1, 0.15) is 0 Å². The molecule has 1 aliphatic heterocycles. The summed E-state index contributed by atoms with van der Waals surface area (Å²) in [4.78, 5) is 28.6. The van der Waals surface area contributed by atoms with Crippen LogP contribution in [0.2, 0.25) is 0 Å². The first-order valence-electron chi connectivity index (χ1n) is 10.9. The first kappa shape index (κ1) is 19.7. The molecule has 156 valence electrons. The molecule has 2 unspecified atom stereocenters. The lowest BCUT2D eigenvalue weighted by Gasteiger charge is -2.34. The molecule has 0 bridgehead atoms. The van der Waals surface area contributed by atoms with Crippen LogP contribution in [0, 0.1) is 5.92 Å². The highest BCUT2D eigenvalue weighted by Crippen LogP contribution is 2.48. The van der Waals surface area contributed by atoms with Gasteiger partial charge in [-0.05, 0) is 42.9 Å². The number of carbonyl (C=O) groups is 2. The minimum Gasteiger partial charge on any atom is -0.375 e. The largest absolute Gasteiger partial charge is 0.375 e. The summed E-state index contributed by atoms with van der Waals surface area (Å²) < 4.78 is 0. The normalized spacial score (nSPS) is 22.4. The molecule has 2 aliphatic rings. The topological polar surface area (TPSA) is 57.6 Å². The Morgan fingerprint density at radius 2 is 1.61 bits per heavy atom. The molecular formula is C27H25NO3. The van der Waals surface area contributed by atoms with Crippen molar-refractivity contribution in [1.82, 2.24) is 0 Å². The molecule has 4 nitrogen and oxygen atoms in total. The van der Waals surface area contributed by atoms with E-state index >= 15 is 0 Å². The van der Waals surface area contributed by atoms with E-state index in [0.29, 0.717) is 30.5 Å². The lowest BCUT2D eigenvalue weighted by molar-refractivity contribution is -0.140. The second kappa shape index (κ2) is 7.78. The van der Waals surface area contributed by atoms with Crippen LogP contribution in [0.3, 0.4) is 0 Å². The fourth-order valence-electron chi connectivity index (χ4n) is 5.10. The van der Waals surface area contributed by atoms with Crippen LogP contribution >= 0.6 is 0 Å². The average Bonchev–Trinajstić information content (AvgIpc) is 3.03. The van der Waals surface area contributed by atoms with Crippen molar-refractivity contribution in [3.63, 3.8) is 0 Å². The monoisotopic (exact) mass is 411 g/mol. The van der Waals surface area contributed by atoms with E-state index in [4.69, 9.17) is 0 Å². The molecule has 1 N–H and O–H groups in total. The van der Waals surface area contributed by atoms with Gasteiger partial charge in [0.05, 0.1) is 11.6 Å². The predicted octanol–water partition coefficient (Wildman–Crippen LogP) is 4.30. The van der Waals surface area contributed by atoms with Gasteiger partial charge in [-0.15, -0.1) is 0 Å². The second-order valence-electron chi connectivity index (χ2n) is 8.44. The zero-order chi connectivity index (χ0) is 21.4. The van der Waals surface area contributed by atoms with E-state index in [0.717, 1.165) is 24.1 Å². The van der Waals surface area contributed by atoms with Gasteiger partial charge in [-0.3, -0.25) is 9.59 Å². The third-order valence-corrected chi connectivity index (χ3v) is 6.67. The van der Waals surface area contributed by atoms with E-state index in [9.17, 15) is 14.7 Å². The first-order valence-corrected chi connectivity index (χ1v) is 10.9. The Hall–Kier alpha value is -3.24. The van der Waals surface area contributed by atoms with E-state index in [1.54, 1.807) is 17.0 Å². The van der Waals surface area contributed by atoms with Crippen LogP contribution < -0.4 is 4.90 Å². The zero-order valence-electron chi connectivity index (χ0n) is 17.3. The van der Waals surface area contributed by atoms with E-state index < -0.39 is 11.5 Å². The van der Waals surface area contributed by atoms with Crippen LogP contribution in [0.5, 0.6) is 0 Å². The number of aliphatic hydroxyl groups is 1. The Morgan fingerprint density at radius 3 is 2.45 bits per heavy atom. The molecule has 0 fully saturated rings. The van der Waals surface area contributed by atoms with Crippen molar-refractivity contribution in [2.24, 2.45) is 5.92 Å². The number of carbonyl (C=O) groups excluding carboxylic acids is 2.